The van der Waals surface area contributed by atoms with Gasteiger partial charge in [-0.2, -0.15) is 0 Å². The maximum Gasteiger partial charge on any atom is -0.0443 e. The highest BCUT2D eigenvalue weighted by molar-refractivity contribution is 4.62. The molecule has 0 aromatic heterocycles. The number of rotatable bonds is 0. The van der Waals surface area contributed by atoms with Crippen molar-refractivity contribution in [1.82, 2.24) is 0 Å². The normalized spacial score (nSPS) is 16.4. The zero-order valence-corrected chi connectivity index (χ0v) is 17.4. The molecule has 3 aliphatic carbocycles. The van der Waals surface area contributed by atoms with Crippen LogP contribution in [0, 0.1) is 5.92 Å². The summed E-state index contributed by atoms with van der Waals surface area (Å²) in [5, 5.41) is 0. The molecule has 0 amide bonds. The second kappa shape index (κ2) is 36.8. The summed E-state index contributed by atoms with van der Waals surface area (Å²) in [6.07, 6.45) is 16.5. The van der Waals surface area contributed by atoms with Crippen molar-refractivity contribution in [2.75, 3.05) is 0 Å². The van der Waals surface area contributed by atoms with E-state index < -0.39 is 0 Å². The van der Waals surface area contributed by atoms with Gasteiger partial charge in [0.15, 0.2) is 0 Å². The molecule has 0 nitrogen and oxygen atoms in total. The Balaban J connectivity index is -0.0000000845. The van der Waals surface area contributed by atoms with Crippen LogP contribution in [0.3, 0.4) is 0 Å². The molecule has 0 radical (unpaired) electrons. The lowest BCUT2D eigenvalue weighted by atomic mass is 9.88. The summed E-state index contributed by atoms with van der Waals surface area (Å²) in [5.41, 5.74) is 0. The van der Waals surface area contributed by atoms with Gasteiger partial charge in [0.05, 0.1) is 0 Å². The van der Waals surface area contributed by atoms with Crippen LogP contribution in [0.4, 0.5) is 0 Å². The Kier molecular flexibility index (Phi) is 51.0. The third kappa shape index (κ3) is 33.1. The summed E-state index contributed by atoms with van der Waals surface area (Å²) >= 11 is 0. The van der Waals surface area contributed by atoms with E-state index in [0.29, 0.717) is 0 Å². The number of hydrogen-bond donors (Lipinski definition) is 0. The van der Waals surface area contributed by atoms with Gasteiger partial charge in [-0.25, -0.2) is 0 Å². The quantitative estimate of drug-likeness (QED) is 0.418. The van der Waals surface area contributed by atoms with Crippen LogP contribution in [-0.4, -0.2) is 0 Å². The molecular weight excluding hydrogens is 252 g/mol. The Morgan fingerprint density at radius 2 is 0.524 bits per heavy atom. The SMILES string of the molecule is C1CCC1.C1CCC1.CC.CC.CC.CC.CC1CCC1. The fraction of sp³-hybridized carbons (Fsp3) is 1.00. The molecular formula is C21H50. The van der Waals surface area contributed by atoms with Crippen molar-refractivity contribution in [2.24, 2.45) is 5.92 Å². The first-order valence-corrected chi connectivity index (χ1v) is 10.4. The van der Waals surface area contributed by atoms with E-state index in [-0.39, 0.29) is 0 Å². The predicted molar refractivity (Wildman–Crippen MR) is 105 cm³/mol. The van der Waals surface area contributed by atoms with E-state index >= 15 is 0 Å². The van der Waals surface area contributed by atoms with E-state index in [1.54, 1.807) is 0 Å². The Morgan fingerprint density at radius 3 is 0.524 bits per heavy atom. The summed E-state index contributed by atoms with van der Waals surface area (Å²) in [7, 11) is 0. The van der Waals surface area contributed by atoms with Crippen molar-refractivity contribution >= 4 is 0 Å². The summed E-state index contributed by atoms with van der Waals surface area (Å²) in [5.74, 6) is 1.06. The van der Waals surface area contributed by atoms with Gasteiger partial charge in [-0.3, -0.25) is 0 Å². The highest BCUT2D eigenvalue weighted by Gasteiger charge is 2.09. The third-order valence-corrected chi connectivity index (χ3v) is 3.39. The average Bonchev–Trinajstić information content (AvgIpc) is 2.42. The van der Waals surface area contributed by atoms with Crippen molar-refractivity contribution in [1.29, 1.82) is 0 Å². The van der Waals surface area contributed by atoms with Gasteiger partial charge in [0.25, 0.3) is 0 Å². The average molecular weight is 303 g/mol. The lowest BCUT2D eigenvalue weighted by Gasteiger charge is -2.18. The molecule has 0 aromatic rings. The van der Waals surface area contributed by atoms with Gasteiger partial charge >= 0.3 is 0 Å². The van der Waals surface area contributed by atoms with Gasteiger partial charge < -0.3 is 0 Å². The van der Waals surface area contributed by atoms with E-state index in [2.05, 4.69) is 6.92 Å². The molecule has 134 valence electrons. The van der Waals surface area contributed by atoms with Crippen LogP contribution >= 0.6 is 0 Å². The minimum absolute atomic E-state index is 1.06. The van der Waals surface area contributed by atoms with Gasteiger partial charge in [0, 0.05) is 0 Å². The topological polar surface area (TPSA) is 0 Å². The van der Waals surface area contributed by atoms with Gasteiger partial charge in [-0.05, 0) is 5.92 Å². The molecule has 3 rings (SSSR count). The zero-order valence-electron chi connectivity index (χ0n) is 17.4. The van der Waals surface area contributed by atoms with Crippen molar-refractivity contribution in [3.8, 4) is 0 Å². The largest absolute Gasteiger partial charge is 0.0683 e. The molecule has 0 spiro atoms. The minimum Gasteiger partial charge on any atom is -0.0683 e. The molecule has 3 aliphatic rings. The first-order chi connectivity index (χ1) is 10.4. The summed E-state index contributed by atoms with van der Waals surface area (Å²) in [4.78, 5) is 0. The molecule has 0 unspecified atom stereocenters. The van der Waals surface area contributed by atoms with Crippen LogP contribution in [0.2, 0.25) is 0 Å². The van der Waals surface area contributed by atoms with Crippen LogP contribution in [0.1, 0.15) is 133 Å². The molecule has 0 heteroatoms. The van der Waals surface area contributed by atoms with Crippen LogP contribution in [0.5, 0.6) is 0 Å². The third-order valence-electron chi connectivity index (χ3n) is 3.39. The first-order valence-electron chi connectivity index (χ1n) is 10.4. The standard InChI is InChI=1S/C5H10.2C4H8.4C2H6/c1-5-3-2-4-5;2*1-2-4-3-1;4*1-2/h5H,2-4H2,1H3;2*1-4H2;4*1-2H3. The lowest BCUT2D eigenvalue weighted by molar-refractivity contribution is 0.346. The molecule has 0 N–H and O–H groups in total. The predicted octanol–water partition coefficient (Wildman–Crippen LogP) is 9.03. The monoisotopic (exact) mass is 302 g/mol. The van der Waals surface area contributed by atoms with Gasteiger partial charge in [-0.15, -0.1) is 0 Å². The van der Waals surface area contributed by atoms with Crippen molar-refractivity contribution in [2.45, 2.75) is 133 Å². The fourth-order valence-electron chi connectivity index (χ4n) is 1.11. The molecule has 0 aliphatic heterocycles. The van der Waals surface area contributed by atoms with Crippen molar-refractivity contribution in [3.63, 3.8) is 0 Å². The molecule has 0 aromatic carbocycles. The molecule has 21 heavy (non-hydrogen) atoms. The minimum atomic E-state index is 1.06. The maximum absolute atomic E-state index is 2.31. The molecule has 3 fully saturated rings. The van der Waals surface area contributed by atoms with E-state index in [4.69, 9.17) is 0 Å². The van der Waals surface area contributed by atoms with Crippen LogP contribution in [0.15, 0.2) is 0 Å². The van der Waals surface area contributed by atoms with Crippen molar-refractivity contribution in [3.05, 3.63) is 0 Å². The summed E-state index contributed by atoms with van der Waals surface area (Å²) in [6, 6.07) is 0. The van der Waals surface area contributed by atoms with Gasteiger partial charge in [0.2, 0.25) is 0 Å². The molecule has 0 atom stereocenters. The summed E-state index contributed by atoms with van der Waals surface area (Å²) < 4.78 is 0. The second-order valence-electron chi connectivity index (χ2n) is 4.86. The first kappa shape index (κ1) is 29.1. The Labute approximate surface area is 139 Å². The van der Waals surface area contributed by atoms with Crippen LogP contribution < -0.4 is 0 Å². The maximum atomic E-state index is 2.31. The van der Waals surface area contributed by atoms with E-state index in [0.717, 1.165) is 5.92 Å². The number of hydrogen-bond acceptors (Lipinski definition) is 0. The van der Waals surface area contributed by atoms with E-state index in [1.165, 1.54) is 70.6 Å². The van der Waals surface area contributed by atoms with Gasteiger partial charge in [-0.1, -0.05) is 133 Å². The Morgan fingerprint density at radius 1 is 0.381 bits per heavy atom. The van der Waals surface area contributed by atoms with Crippen LogP contribution in [-0.2, 0) is 0 Å². The smallest absolute Gasteiger partial charge is 0.0443 e. The lowest BCUT2D eigenvalue weighted by Crippen LogP contribution is -2.04. The Bertz CT molecular complexity index is 78.6. The highest BCUT2D eigenvalue weighted by atomic mass is 14.1. The fourth-order valence-corrected chi connectivity index (χ4v) is 1.11. The Hall–Kier alpha value is 0. The zero-order chi connectivity index (χ0) is 17.4. The molecule has 3 saturated carbocycles. The van der Waals surface area contributed by atoms with Gasteiger partial charge in [0.1, 0.15) is 0 Å². The van der Waals surface area contributed by atoms with E-state index in [1.807, 2.05) is 55.4 Å². The molecule has 0 bridgehead atoms. The van der Waals surface area contributed by atoms with E-state index in [9.17, 15) is 0 Å². The second-order valence-corrected chi connectivity index (χ2v) is 4.86. The highest BCUT2D eigenvalue weighted by Crippen LogP contribution is 2.24. The van der Waals surface area contributed by atoms with Crippen LogP contribution in [0.25, 0.3) is 0 Å². The molecule has 0 heterocycles. The van der Waals surface area contributed by atoms with Crippen molar-refractivity contribution < 1.29 is 0 Å². The summed E-state index contributed by atoms with van der Waals surface area (Å²) in [6.45, 7) is 18.3. The molecule has 0 saturated heterocycles.